The second-order valence-electron chi connectivity index (χ2n) is 1.86. The van der Waals surface area contributed by atoms with E-state index in [1.165, 1.54) is 6.08 Å². The number of hydrogen-bond donors (Lipinski definition) is 0. The summed E-state index contributed by atoms with van der Waals surface area (Å²) < 4.78 is 0. The molecule has 0 amide bonds. The van der Waals surface area contributed by atoms with Crippen LogP contribution in [0, 0.1) is 11.3 Å². The van der Waals surface area contributed by atoms with Crippen LogP contribution in [0.3, 0.4) is 0 Å². The van der Waals surface area contributed by atoms with Crippen molar-refractivity contribution in [2.24, 2.45) is 0 Å². The Labute approximate surface area is 69.8 Å². The molecule has 0 saturated heterocycles. The number of nitrogens with zero attached hydrogens (tertiary/aromatic N) is 2. The first-order valence-corrected chi connectivity index (χ1v) is 3.38. The van der Waals surface area contributed by atoms with Crippen molar-refractivity contribution < 1.29 is 0 Å². The Morgan fingerprint density at radius 1 is 1.73 bits per heavy atom. The summed E-state index contributed by atoms with van der Waals surface area (Å²) in [5.74, 6) is 0. The molecule has 0 atom stereocenters. The normalized spacial score (nSPS) is 10.7. The summed E-state index contributed by atoms with van der Waals surface area (Å²) >= 11 is 5.70. The highest BCUT2D eigenvalue weighted by Crippen LogP contribution is 2.15. The van der Waals surface area contributed by atoms with E-state index in [0.29, 0.717) is 5.03 Å². The highest BCUT2D eigenvalue weighted by molar-refractivity contribution is 6.48. The van der Waals surface area contributed by atoms with Crippen molar-refractivity contribution in [3.8, 4) is 6.07 Å². The monoisotopic (exact) mass is 164 g/mol. The average molecular weight is 165 g/mol. The maximum atomic E-state index is 8.27. The fourth-order valence-corrected chi connectivity index (χ4v) is 0.805. The highest BCUT2D eigenvalue weighted by atomic mass is 35.5. The molecule has 0 aliphatic rings. The maximum absolute atomic E-state index is 8.27. The molecule has 1 aromatic heterocycles. The van der Waals surface area contributed by atoms with E-state index in [1.807, 2.05) is 6.07 Å². The van der Waals surface area contributed by atoms with E-state index in [0.717, 1.165) is 5.56 Å². The maximum Gasteiger partial charge on any atom is 0.0927 e. The molecule has 0 aromatic carbocycles. The van der Waals surface area contributed by atoms with Crippen LogP contribution in [0.2, 0.25) is 0 Å². The molecule has 2 nitrogen and oxygen atoms in total. The van der Waals surface area contributed by atoms with Gasteiger partial charge in [0.05, 0.1) is 11.1 Å². The van der Waals surface area contributed by atoms with Crippen LogP contribution in [0.4, 0.5) is 0 Å². The topological polar surface area (TPSA) is 36.7 Å². The zero-order valence-corrected chi connectivity index (χ0v) is 6.42. The van der Waals surface area contributed by atoms with Gasteiger partial charge >= 0.3 is 0 Å². The fourth-order valence-electron chi connectivity index (χ4n) is 0.644. The van der Waals surface area contributed by atoms with Crippen LogP contribution in [0.1, 0.15) is 5.56 Å². The third-order valence-electron chi connectivity index (χ3n) is 1.13. The summed E-state index contributed by atoms with van der Waals surface area (Å²) in [5, 5.41) is 8.68. The average Bonchev–Trinajstić information content (AvgIpc) is 2.07. The van der Waals surface area contributed by atoms with Crippen molar-refractivity contribution in [1.82, 2.24) is 4.98 Å². The Balaban J connectivity index is 2.96. The molecular weight excluding hydrogens is 160 g/mol. The van der Waals surface area contributed by atoms with Gasteiger partial charge in [0.2, 0.25) is 0 Å². The third-order valence-corrected chi connectivity index (χ3v) is 1.46. The lowest BCUT2D eigenvalue weighted by molar-refractivity contribution is 1.31. The van der Waals surface area contributed by atoms with Gasteiger partial charge in [0.1, 0.15) is 0 Å². The minimum absolute atomic E-state index is 0.417. The Morgan fingerprint density at radius 3 is 3.09 bits per heavy atom. The molecule has 0 N–H and O–H groups in total. The lowest BCUT2D eigenvalue weighted by atomic mass is 10.2. The van der Waals surface area contributed by atoms with Gasteiger partial charge in [-0.3, -0.25) is 4.98 Å². The molecule has 0 radical (unpaired) electrons. The largest absolute Gasteiger partial charge is 0.264 e. The van der Waals surface area contributed by atoms with Gasteiger partial charge in [0, 0.05) is 24.0 Å². The van der Waals surface area contributed by atoms with E-state index in [2.05, 4.69) is 4.98 Å². The van der Waals surface area contributed by atoms with E-state index >= 15 is 0 Å². The fraction of sp³-hybridized carbons (Fsp3) is 0. The second kappa shape index (κ2) is 3.75. The first-order chi connectivity index (χ1) is 5.34. The molecule has 0 aliphatic heterocycles. The minimum atomic E-state index is 0.417. The number of allylic oxidation sites excluding steroid dienone is 1. The Morgan fingerprint density at radius 2 is 2.55 bits per heavy atom. The molecule has 0 unspecified atom stereocenters. The van der Waals surface area contributed by atoms with Crippen LogP contribution in [0.5, 0.6) is 0 Å². The third kappa shape index (κ3) is 2.06. The van der Waals surface area contributed by atoms with Crippen molar-refractivity contribution in [3.05, 3.63) is 36.2 Å². The van der Waals surface area contributed by atoms with E-state index in [-0.39, 0.29) is 0 Å². The van der Waals surface area contributed by atoms with Crippen molar-refractivity contribution in [1.29, 1.82) is 5.26 Å². The lowest BCUT2D eigenvalue weighted by Gasteiger charge is -1.93. The second-order valence-corrected chi connectivity index (χ2v) is 2.27. The molecule has 0 aliphatic carbocycles. The molecular formula is C8H5ClN2. The minimum Gasteiger partial charge on any atom is -0.264 e. The van der Waals surface area contributed by atoms with Crippen LogP contribution in [-0.2, 0) is 0 Å². The van der Waals surface area contributed by atoms with E-state index < -0.39 is 0 Å². The van der Waals surface area contributed by atoms with Gasteiger partial charge in [-0.2, -0.15) is 5.26 Å². The number of rotatable bonds is 1. The predicted octanol–water partition coefficient (Wildman–Crippen LogP) is 2.18. The molecule has 0 saturated carbocycles. The summed E-state index contributed by atoms with van der Waals surface area (Å²) in [6.07, 6.45) is 4.54. The quantitative estimate of drug-likeness (QED) is 0.597. The number of aromatic nitrogens is 1. The molecule has 0 spiro atoms. The SMILES string of the molecule is N#C/C=C(\Cl)c1cccnc1. The van der Waals surface area contributed by atoms with E-state index in [9.17, 15) is 0 Å². The summed E-state index contributed by atoms with van der Waals surface area (Å²) in [7, 11) is 0. The Hall–Kier alpha value is -1.33. The molecule has 3 heteroatoms. The molecule has 0 fully saturated rings. The molecule has 1 rings (SSSR count). The lowest BCUT2D eigenvalue weighted by Crippen LogP contribution is -1.77. The summed E-state index contributed by atoms with van der Waals surface area (Å²) in [4.78, 5) is 3.85. The molecule has 1 aromatic rings. The van der Waals surface area contributed by atoms with Gasteiger partial charge < -0.3 is 0 Å². The zero-order chi connectivity index (χ0) is 8.10. The number of hydrogen-bond acceptors (Lipinski definition) is 2. The van der Waals surface area contributed by atoms with Crippen LogP contribution in [-0.4, -0.2) is 4.98 Å². The summed E-state index contributed by atoms with van der Waals surface area (Å²) in [5.41, 5.74) is 0.760. The van der Waals surface area contributed by atoms with Crippen LogP contribution >= 0.6 is 11.6 Å². The van der Waals surface area contributed by atoms with Gasteiger partial charge in [-0.25, -0.2) is 0 Å². The standard InChI is InChI=1S/C8H5ClN2/c9-8(3-4-10)7-2-1-5-11-6-7/h1-3,5-6H/b8-3-. The Bertz CT molecular complexity index is 298. The van der Waals surface area contributed by atoms with Crippen molar-refractivity contribution >= 4 is 16.6 Å². The molecule has 0 bridgehead atoms. The van der Waals surface area contributed by atoms with Crippen LogP contribution in [0.15, 0.2) is 30.6 Å². The van der Waals surface area contributed by atoms with E-state index in [1.54, 1.807) is 24.5 Å². The molecule has 1 heterocycles. The summed E-state index contributed by atoms with van der Waals surface area (Å²) in [6.45, 7) is 0. The number of nitriles is 1. The zero-order valence-electron chi connectivity index (χ0n) is 5.66. The van der Waals surface area contributed by atoms with Gasteiger partial charge in [-0.05, 0) is 6.07 Å². The van der Waals surface area contributed by atoms with Gasteiger partial charge in [-0.1, -0.05) is 17.7 Å². The first-order valence-electron chi connectivity index (χ1n) is 3.00. The number of halogens is 1. The smallest absolute Gasteiger partial charge is 0.0927 e. The predicted molar refractivity (Wildman–Crippen MR) is 43.7 cm³/mol. The van der Waals surface area contributed by atoms with E-state index in [4.69, 9.17) is 16.9 Å². The van der Waals surface area contributed by atoms with Crippen LogP contribution < -0.4 is 0 Å². The number of pyridine rings is 1. The first kappa shape index (κ1) is 7.77. The van der Waals surface area contributed by atoms with Crippen molar-refractivity contribution in [2.45, 2.75) is 0 Å². The van der Waals surface area contributed by atoms with Crippen molar-refractivity contribution in [3.63, 3.8) is 0 Å². The van der Waals surface area contributed by atoms with Crippen LogP contribution in [0.25, 0.3) is 5.03 Å². The highest BCUT2D eigenvalue weighted by Gasteiger charge is 1.94. The van der Waals surface area contributed by atoms with Gasteiger partial charge in [0.25, 0.3) is 0 Å². The Kier molecular flexibility index (Phi) is 2.65. The molecule has 11 heavy (non-hydrogen) atoms. The van der Waals surface area contributed by atoms with Gasteiger partial charge in [-0.15, -0.1) is 0 Å². The summed E-state index contributed by atoms with van der Waals surface area (Å²) in [6, 6.07) is 5.41. The van der Waals surface area contributed by atoms with Crippen molar-refractivity contribution in [2.75, 3.05) is 0 Å². The van der Waals surface area contributed by atoms with Gasteiger partial charge in [0.15, 0.2) is 0 Å². The molecule has 54 valence electrons.